The van der Waals surface area contributed by atoms with Crippen molar-refractivity contribution < 1.29 is 22.1 Å². The van der Waals surface area contributed by atoms with Crippen LogP contribution in [-0.4, -0.2) is 27.8 Å². The van der Waals surface area contributed by atoms with Gasteiger partial charge in [0.05, 0.1) is 22.7 Å². The molecule has 1 heterocycles. The number of carbonyl (C=O) groups excluding carboxylic acids is 1. The third kappa shape index (κ3) is 3.27. The molecule has 0 spiro atoms. The number of carbonyl (C=O) groups is 1. The summed E-state index contributed by atoms with van der Waals surface area (Å²) < 4.78 is 30.7. The van der Waals surface area contributed by atoms with Gasteiger partial charge in [-0.1, -0.05) is 0 Å². The monoisotopic (exact) mass is 302 g/mol. The number of rotatable bonds is 4. The SMILES string of the molecule is COC(=O)c1scc(SC)c1OS(=O)(=O)Cl. The quantitative estimate of drug-likeness (QED) is 0.482. The fraction of sp³-hybridized carbons (Fsp3) is 0.286. The van der Waals surface area contributed by atoms with Gasteiger partial charge in [0, 0.05) is 5.38 Å². The molecule has 0 aromatic carbocycles. The molecule has 5 nitrogen and oxygen atoms in total. The van der Waals surface area contributed by atoms with Crippen molar-refractivity contribution in [3.8, 4) is 5.75 Å². The third-order valence-corrected chi connectivity index (χ3v) is 3.88. The maximum absolute atomic E-state index is 11.3. The van der Waals surface area contributed by atoms with Gasteiger partial charge in [-0.3, -0.25) is 0 Å². The van der Waals surface area contributed by atoms with E-state index < -0.39 is 15.3 Å². The molecular weight excluding hydrogens is 296 g/mol. The molecule has 0 aliphatic heterocycles. The molecule has 16 heavy (non-hydrogen) atoms. The summed E-state index contributed by atoms with van der Waals surface area (Å²) in [5.41, 5.74) is 0. The molecule has 0 unspecified atom stereocenters. The van der Waals surface area contributed by atoms with Gasteiger partial charge in [0.2, 0.25) is 0 Å². The van der Waals surface area contributed by atoms with E-state index in [0.29, 0.717) is 4.90 Å². The number of thiophene rings is 1. The number of esters is 1. The van der Waals surface area contributed by atoms with Gasteiger partial charge in [0.15, 0.2) is 10.6 Å². The summed E-state index contributed by atoms with van der Waals surface area (Å²) in [5, 5.41) is 1.59. The average molecular weight is 303 g/mol. The fourth-order valence-electron chi connectivity index (χ4n) is 0.884. The van der Waals surface area contributed by atoms with E-state index in [4.69, 9.17) is 10.7 Å². The second-order valence-electron chi connectivity index (χ2n) is 2.43. The van der Waals surface area contributed by atoms with Crippen LogP contribution >= 0.6 is 33.8 Å². The minimum atomic E-state index is -4.19. The van der Waals surface area contributed by atoms with Crippen molar-refractivity contribution in [2.75, 3.05) is 13.4 Å². The number of ether oxygens (including phenoxy) is 1. The van der Waals surface area contributed by atoms with Gasteiger partial charge in [0.25, 0.3) is 0 Å². The highest BCUT2D eigenvalue weighted by atomic mass is 35.7. The summed E-state index contributed by atoms with van der Waals surface area (Å²) in [6.07, 6.45) is 1.72. The zero-order valence-electron chi connectivity index (χ0n) is 8.22. The van der Waals surface area contributed by atoms with Crippen LogP contribution in [-0.2, 0) is 14.1 Å². The molecule has 90 valence electrons. The Morgan fingerprint density at radius 1 is 1.56 bits per heavy atom. The van der Waals surface area contributed by atoms with E-state index in [1.165, 1.54) is 18.9 Å². The summed E-state index contributed by atoms with van der Waals surface area (Å²) in [5.74, 6) is -0.750. The first kappa shape index (κ1) is 13.6. The lowest BCUT2D eigenvalue weighted by atomic mass is 10.4. The number of halogens is 1. The minimum absolute atomic E-state index is 0.0658. The van der Waals surface area contributed by atoms with Crippen LogP contribution < -0.4 is 4.18 Å². The summed E-state index contributed by atoms with van der Waals surface area (Å²) in [6.45, 7) is 0. The summed E-state index contributed by atoms with van der Waals surface area (Å²) >= 11 is 2.27. The van der Waals surface area contributed by atoms with Gasteiger partial charge in [0.1, 0.15) is 0 Å². The zero-order chi connectivity index (χ0) is 12.3. The smallest absolute Gasteiger partial charge is 0.401 e. The van der Waals surface area contributed by atoms with E-state index >= 15 is 0 Å². The van der Waals surface area contributed by atoms with Gasteiger partial charge in [-0.25, -0.2) is 4.79 Å². The van der Waals surface area contributed by atoms with E-state index in [1.807, 2.05) is 0 Å². The molecule has 1 aromatic rings. The lowest BCUT2D eigenvalue weighted by molar-refractivity contribution is 0.0604. The van der Waals surface area contributed by atoms with Crippen molar-refractivity contribution in [2.45, 2.75) is 4.90 Å². The molecule has 0 bridgehead atoms. The second-order valence-corrected chi connectivity index (χ2v) is 6.24. The number of hydrogen-bond acceptors (Lipinski definition) is 7. The predicted molar refractivity (Wildman–Crippen MR) is 62.8 cm³/mol. The van der Waals surface area contributed by atoms with Crippen molar-refractivity contribution in [1.82, 2.24) is 0 Å². The molecule has 9 heteroatoms. The predicted octanol–water partition coefficient (Wildman–Crippen LogP) is 2.12. The van der Waals surface area contributed by atoms with Crippen molar-refractivity contribution >= 4 is 49.1 Å². The molecule has 0 radical (unpaired) electrons. The maximum Gasteiger partial charge on any atom is 0.401 e. The van der Waals surface area contributed by atoms with Crippen molar-refractivity contribution in [3.05, 3.63) is 10.3 Å². The molecule has 1 rings (SSSR count). The van der Waals surface area contributed by atoms with Gasteiger partial charge in [-0.2, -0.15) is 8.42 Å². The summed E-state index contributed by atoms with van der Waals surface area (Å²) in [6, 6.07) is 0. The largest absolute Gasteiger partial charge is 0.465 e. The van der Waals surface area contributed by atoms with E-state index in [0.717, 1.165) is 11.3 Å². The number of methoxy groups -OCH3 is 1. The number of hydrogen-bond donors (Lipinski definition) is 0. The molecule has 0 atom stereocenters. The molecule has 0 saturated heterocycles. The Hall–Kier alpha value is -0.440. The Balaban J connectivity index is 3.21. The van der Waals surface area contributed by atoms with Crippen LogP contribution in [0, 0.1) is 0 Å². The Bertz CT molecular complexity index is 492. The highest BCUT2D eigenvalue weighted by Crippen LogP contribution is 2.38. The molecule has 0 amide bonds. The van der Waals surface area contributed by atoms with Crippen LogP contribution in [0.3, 0.4) is 0 Å². The molecule has 0 aliphatic rings. The Morgan fingerprint density at radius 2 is 2.19 bits per heavy atom. The van der Waals surface area contributed by atoms with Crippen LogP contribution in [0.15, 0.2) is 10.3 Å². The molecular formula is C7H7ClO5S3. The van der Waals surface area contributed by atoms with Crippen LogP contribution in [0.25, 0.3) is 0 Å². The van der Waals surface area contributed by atoms with E-state index in [-0.39, 0.29) is 10.6 Å². The van der Waals surface area contributed by atoms with Crippen LogP contribution in [0.2, 0.25) is 0 Å². The highest BCUT2D eigenvalue weighted by molar-refractivity contribution is 8.10. The third-order valence-electron chi connectivity index (χ3n) is 1.49. The molecule has 1 aromatic heterocycles. The molecule has 0 N–H and O–H groups in total. The van der Waals surface area contributed by atoms with Crippen LogP contribution in [0.1, 0.15) is 9.67 Å². The Morgan fingerprint density at radius 3 is 2.62 bits per heavy atom. The maximum atomic E-state index is 11.3. The first-order chi connectivity index (χ1) is 7.39. The zero-order valence-corrected chi connectivity index (χ0v) is 11.4. The lowest BCUT2D eigenvalue weighted by Gasteiger charge is -2.03. The highest BCUT2D eigenvalue weighted by Gasteiger charge is 2.23. The van der Waals surface area contributed by atoms with Gasteiger partial charge >= 0.3 is 15.3 Å². The van der Waals surface area contributed by atoms with E-state index in [9.17, 15) is 13.2 Å². The van der Waals surface area contributed by atoms with E-state index in [1.54, 1.807) is 11.6 Å². The first-order valence-electron chi connectivity index (χ1n) is 3.77. The van der Waals surface area contributed by atoms with Crippen LogP contribution in [0.4, 0.5) is 0 Å². The summed E-state index contributed by atoms with van der Waals surface area (Å²) in [7, 11) is 1.97. The van der Waals surface area contributed by atoms with Gasteiger partial charge < -0.3 is 8.92 Å². The van der Waals surface area contributed by atoms with Crippen molar-refractivity contribution in [3.63, 3.8) is 0 Å². The minimum Gasteiger partial charge on any atom is -0.465 e. The topological polar surface area (TPSA) is 69.7 Å². The van der Waals surface area contributed by atoms with Gasteiger partial charge in [-0.05, 0) is 6.26 Å². The molecule has 0 fully saturated rings. The number of thioether (sulfide) groups is 1. The van der Waals surface area contributed by atoms with E-state index in [2.05, 4.69) is 8.92 Å². The fourth-order valence-corrected chi connectivity index (χ4v) is 3.24. The van der Waals surface area contributed by atoms with Gasteiger partial charge in [-0.15, -0.1) is 23.1 Å². The van der Waals surface area contributed by atoms with Crippen LogP contribution in [0.5, 0.6) is 5.75 Å². The lowest BCUT2D eigenvalue weighted by Crippen LogP contribution is -2.06. The summed E-state index contributed by atoms with van der Waals surface area (Å²) in [4.78, 5) is 11.9. The Kier molecular flexibility index (Phi) is 4.48. The van der Waals surface area contributed by atoms with Crippen molar-refractivity contribution in [1.29, 1.82) is 0 Å². The normalized spacial score (nSPS) is 11.2. The molecule has 0 saturated carbocycles. The second kappa shape index (κ2) is 5.26. The van der Waals surface area contributed by atoms with Crippen molar-refractivity contribution in [2.24, 2.45) is 0 Å². The average Bonchev–Trinajstić information content (AvgIpc) is 2.57. The first-order valence-corrected chi connectivity index (χ1v) is 8.10. The Labute approximate surface area is 105 Å². The standard InChI is InChI=1S/C7H7ClO5S3/c1-12-7(9)6-5(13-16(8,10)11)4(14-2)3-15-6/h3H,1-2H3. The molecule has 0 aliphatic carbocycles.